The Morgan fingerprint density at radius 1 is 0.842 bits per heavy atom. The van der Waals surface area contributed by atoms with Crippen molar-refractivity contribution >= 4 is 5.78 Å². The molecule has 1 aliphatic carbocycles. The van der Waals surface area contributed by atoms with Crippen LogP contribution in [0.3, 0.4) is 0 Å². The van der Waals surface area contributed by atoms with Crippen molar-refractivity contribution in [2.24, 2.45) is 5.41 Å². The smallest absolute Gasteiger partial charge is 0.134 e. The van der Waals surface area contributed by atoms with Gasteiger partial charge in [-0.05, 0) is 98.4 Å². The summed E-state index contributed by atoms with van der Waals surface area (Å²) in [6.45, 7) is 13.0. The molecule has 0 heterocycles. The van der Waals surface area contributed by atoms with E-state index in [1.54, 1.807) is 6.92 Å². The summed E-state index contributed by atoms with van der Waals surface area (Å²) in [5.74, 6) is 7.40. The molecular weight excluding hydrogens is 460 g/mol. The molecule has 0 amide bonds. The Labute approximate surface area is 231 Å². The third kappa shape index (κ3) is 5.96. The van der Waals surface area contributed by atoms with Gasteiger partial charge in [-0.1, -0.05) is 99.5 Å². The van der Waals surface area contributed by atoms with Crippen molar-refractivity contribution in [2.45, 2.75) is 98.3 Å². The van der Waals surface area contributed by atoms with E-state index in [9.17, 15) is 4.79 Å². The van der Waals surface area contributed by atoms with Gasteiger partial charge in [0.2, 0.25) is 0 Å². The summed E-state index contributed by atoms with van der Waals surface area (Å²) in [5, 5.41) is 0. The molecule has 1 aliphatic rings. The third-order valence-electron chi connectivity index (χ3n) is 8.94. The molecule has 0 aliphatic heterocycles. The predicted molar refractivity (Wildman–Crippen MR) is 162 cm³/mol. The maximum Gasteiger partial charge on any atom is 0.134 e. The van der Waals surface area contributed by atoms with Gasteiger partial charge >= 0.3 is 0 Å². The number of hydrogen-bond acceptors (Lipinski definition) is 1. The van der Waals surface area contributed by atoms with E-state index in [-0.39, 0.29) is 16.6 Å². The molecule has 0 atom stereocenters. The van der Waals surface area contributed by atoms with Crippen molar-refractivity contribution in [1.82, 2.24) is 0 Å². The Balaban J connectivity index is 1.64. The van der Waals surface area contributed by atoms with Crippen LogP contribution in [0.1, 0.15) is 106 Å². The molecular formula is C37H44O. The van der Waals surface area contributed by atoms with Gasteiger partial charge in [0.25, 0.3) is 0 Å². The summed E-state index contributed by atoms with van der Waals surface area (Å²) < 4.78 is 0. The lowest BCUT2D eigenvalue weighted by atomic mass is 9.69. The van der Waals surface area contributed by atoms with Crippen LogP contribution < -0.4 is 0 Å². The Hall–Kier alpha value is -3.11. The lowest BCUT2D eigenvalue weighted by Crippen LogP contribution is -2.26. The topological polar surface area (TPSA) is 17.1 Å². The first-order valence-corrected chi connectivity index (χ1v) is 14.5. The van der Waals surface area contributed by atoms with Crippen molar-refractivity contribution in [3.63, 3.8) is 0 Å². The van der Waals surface area contributed by atoms with E-state index in [0.717, 1.165) is 18.4 Å². The quantitative estimate of drug-likeness (QED) is 0.293. The average Bonchev–Trinajstić information content (AvgIpc) is 2.90. The lowest BCUT2D eigenvalue weighted by molar-refractivity contribution is -0.116. The minimum absolute atomic E-state index is 0.0271. The Morgan fingerprint density at radius 2 is 1.45 bits per heavy atom. The van der Waals surface area contributed by atoms with Crippen LogP contribution in [0.2, 0.25) is 0 Å². The lowest BCUT2D eigenvalue weighted by Gasteiger charge is -2.34. The zero-order valence-electron chi connectivity index (χ0n) is 24.3. The van der Waals surface area contributed by atoms with Gasteiger partial charge in [-0.25, -0.2) is 0 Å². The Morgan fingerprint density at radius 3 is 2.00 bits per heavy atom. The molecule has 0 spiro atoms. The molecule has 0 bridgehead atoms. The number of Topliss-reactive ketones (excluding diaryl/α,β-unsaturated/α-hetero) is 1. The summed E-state index contributed by atoms with van der Waals surface area (Å²) in [6, 6.07) is 22.4. The van der Waals surface area contributed by atoms with Gasteiger partial charge < -0.3 is 0 Å². The van der Waals surface area contributed by atoms with Gasteiger partial charge in [0.1, 0.15) is 5.78 Å². The average molecular weight is 505 g/mol. The largest absolute Gasteiger partial charge is 0.300 e. The second kappa shape index (κ2) is 11.7. The summed E-state index contributed by atoms with van der Waals surface area (Å²) in [6.07, 6.45) is 9.01. The van der Waals surface area contributed by atoms with Crippen molar-refractivity contribution in [1.29, 1.82) is 0 Å². The predicted octanol–water partition coefficient (Wildman–Crippen LogP) is 9.53. The van der Waals surface area contributed by atoms with Crippen LogP contribution in [0.25, 0.3) is 11.1 Å². The van der Waals surface area contributed by atoms with E-state index in [1.165, 1.54) is 71.0 Å². The van der Waals surface area contributed by atoms with Crippen LogP contribution >= 0.6 is 0 Å². The fourth-order valence-electron chi connectivity index (χ4n) is 6.38. The number of hydrogen-bond donors (Lipinski definition) is 0. The Bertz CT molecular complexity index is 1340. The van der Waals surface area contributed by atoms with Gasteiger partial charge in [0.05, 0.1) is 0 Å². The molecule has 0 saturated heterocycles. The minimum atomic E-state index is -0.0271. The molecule has 3 aromatic carbocycles. The van der Waals surface area contributed by atoms with Crippen molar-refractivity contribution < 1.29 is 4.79 Å². The normalized spacial score (nSPS) is 15.0. The van der Waals surface area contributed by atoms with Crippen LogP contribution in [-0.2, 0) is 16.6 Å². The molecule has 1 saturated carbocycles. The van der Waals surface area contributed by atoms with Crippen LogP contribution in [-0.4, -0.2) is 5.78 Å². The minimum Gasteiger partial charge on any atom is -0.300 e. The third-order valence-corrected chi connectivity index (χ3v) is 8.94. The summed E-state index contributed by atoms with van der Waals surface area (Å²) in [4.78, 5) is 11.5. The van der Waals surface area contributed by atoms with Gasteiger partial charge in [0, 0.05) is 22.8 Å². The van der Waals surface area contributed by atoms with Crippen LogP contribution in [0.15, 0.2) is 60.7 Å². The van der Waals surface area contributed by atoms with E-state index in [2.05, 4.69) is 107 Å². The first-order valence-electron chi connectivity index (χ1n) is 14.5. The van der Waals surface area contributed by atoms with Gasteiger partial charge in [-0.15, -0.1) is 0 Å². The van der Waals surface area contributed by atoms with Crippen molar-refractivity contribution in [3.8, 4) is 23.0 Å². The molecule has 198 valence electrons. The SMILES string of the molecule is CCC(CC)(c1ccc(C#CC2(C)CCCCC2)c(C)c1)c1ccc(-c2ccc(CC(C)=O)cc2)c(C)c1. The monoisotopic (exact) mass is 504 g/mol. The first kappa shape index (κ1) is 27.9. The van der Waals surface area contributed by atoms with E-state index in [0.29, 0.717) is 6.42 Å². The first-order chi connectivity index (χ1) is 18.2. The van der Waals surface area contributed by atoms with Gasteiger partial charge in [-0.2, -0.15) is 0 Å². The molecule has 1 nitrogen and oxygen atoms in total. The maximum atomic E-state index is 11.5. The maximum absolute atomic E-state index is 11.5. The zero-order valence-corrected chi connectivity index (χ0v) is 24.3. The number of carbonyl (C=O) groups excluding carboxylic acids is 1. The number of rotatable bonds is 7. The molecule has 0 radical (unpaired) electrons. The molecule has 38 heavy (non-hydrogen) atoms. The van der Waals surface area contributed by atoms with E-state index in [1.807, 2.05) is 0 Å². The van der Waals surface area contributed by atoms with Crippen LogP contribution in [0.4, 0.5) is 0 Å². The Kier molecular flexibility index (Phi) is 8.62. The number of carbonyl (C=O) groups is 1. The van der Waals surface area contributed by atoms with Crippen LogP contribution in [0, 0.1) is 31.1 Å². The molecule has 1 heteroatoms. The number of aryl methyl sites for hydroxylation is 2. The fraction of sp³-hybridized carbons (Fsp3) is 0.432. The van der Waals surface area contributed by atoms with Gasteiger partial charge in [0.15, 0.2) is 0 Å². The standard InChI is InChI=1S/C37H44O/c1-7-37(8-2,33-17-16-31(27(3)24-33)20-23-36(6)21-10-9-11-22-36)34-18-19-35(28(4)25-34)32-14-12-30(13-15-32)26-29(5)38/h12-19,24-25H,7-11,21-22,26H2,1-6H3. The molecule has 1 fully saturated rings. The van der Waals surface area contributed by atoms with Gasteiger partial charge in [-0.3, -0.25) is 4.79 Å². The summed E-state index contributed by atoms with van der Waals surface area (Å²) >= 11 is 0. The highest BCUT2D eigenvalue weighted by atomic mass is 16.1. The molecule has 0 aromatic heterocycles. The highest BCUT2D eigenvalue weighted by molar-refractivity contribution is 5.78. The molecule has 4 rings (SSSR count). The molecule has 3 aromatic rings. The summed E-state index contributed by atoms with van der Waals surface area (Å²) in [5.41, 5.74) is 10.2. The number of benzene rings is 3. The van der Waals surface area contributed by atoms with E-state index >= 15 is 0 Å². The zero-order chi connectivity index (χ0) is 27.3. The van der Waals surface area contributed by atoms with Crippen molar-refractivity contribution in [2.75, 3.05) is 0 Å². The van der Waals surface area contributed by atoms with E-state index < -0.39 is 0 Å². The summed E-state index contributed by atoms with van der Waals surface area (Å²) in [7, 11) is 0. The number of ketones is 1. The second-order valence-corrected chi connectivity index (χ2v) is 11.8. The highest BCUT2D eigenvalue weighted by Crippen LogP contribution is 2.41. The molecule has 0 unspecified atom stereocenters. The van der Waals surface area contributed by atoms with Crippen molar-refractivity contribution in [3.05, 3.63) is 94.0 Å². The van der Waals surface area contributed by atoms with Crippen LogP contribution in [0.5, 0.6) is 0 Å². The highest BCUT2D eigenvalue weighted by Gasteiger charge is 2.31. The molecule has 0 N–H and O–H groups in total. The second-order valence-electron chi connectivity index (χ2n) is 11.8. The fourth-order valence-corrected chi connectivity index (χ4v) is 6.38. The van der Waals surface area contributed by atoms with E-state index in [4.69, 9.17) is 0 Å².